The van der Waals surface area contributed by atoms with Crippen LogP contribution in [0.4, 0.5) is 0 Å². The lowest BCUT2D eigenvalue weighted by Gasteiger charge is -2.25. The summed E-state index contributed by atoms with van der Waals surface area (Å²) in [4.78, 5) is 44.0. The molecule has 0 saturated carbocycles. The van der Waals surface area contributed by atoms with Gasteiger partial charge in [-0.15, -0.1) is 0 Å². The number of carbonyl (C=O) groups excluding carboxylic acids is 3. The van der Waals surface area contributed by atoms with Crippen LogP contribution in [0, 0.1) is 0 Å². The number of aromatic nitrogens is 1. The van der Waals surface area contributed by atoms with E-state index < -0.39 is 23.7 Å². The minimum absolute atomic E-state index is 0.0251. The first kappa shape index (κ1) is 25.6. The lowest BCUT2D eigenvalue weighted by atomic mass is 9.96. The van der Waals surface area contributed by atoms with Crippen LogP contribution in [0.2, 0.25) is 0 Å². The van der Waals surface area contributed by atoms with Crippen molar-refractivity contribution in [3.05, 3.63) is 101 Å². The minimum Gasteiger partial charge on any atom is -0.507 e. The molecule has 1 fully saturated rings. The first-order valence-corrected chi connectivity index (χ1v) is 12.0. The zero-order valence-electron chi connectivity index (χ0n) is 20.9. The highest BCUT2D eigenvalue weighted by molar-refractivity contribution is 6.46. The van der Waals surface area contributed by atoms with Crippen LogP contribution in [0.1, 0.15) is 53.9 Å². The third kappa shape index (κ3) is 5.53. The topological polar surface area (TPSA) is 106 Å². The molecule has 0 spiro atoms. The molecule has 3 aromatic rings. The van der Waals surface area contributed by atoms with Crippen LogP contribution in [0.15, 0.2) is 78.6 Å². The van der Waals surface area contributed by atoms with Gasteiger partial charge < -0.3 is 19.5 Å². The molecule has 2 aromatic carbocycles. The second-order valence-electron chi connectivity index (χ2n) is 8.83. The summed E-state index contributed by atoms with van der Waals surface area (Å²) in [6, 6.07) is 16.0. The summed E-state index contributed by atoms with van der Waals surface area (Å²) < 4.78 is 10.8. The van der Waals surface area contributed by atoms with Crippen molar-refractivity contribution in [3.8, 4) is 5.75 Å². The van der Waals surface area contributed by atoms with Crippen molar-refractivity contribution >= 4 is 23.4 Å². The fourth-order valence-electron chi connectivity index (χ4n) is 4.23. The number of carbonyl (C=O) groups is 3. The molecule has 0 bridgehead atoms. The number of aliphatic hydroxyl groups is 1. The summed E-state index contributed by atoms with van der Waals surface area (Å²) in [6.07, 6.45) is 3.09. The lowest BCUT2D eigenvalue weighted by Crippen LogP contribution is -2.29. The maximum Gasteiger partial charge on any atom is 0.338 e. The van der Waals surface area contributed by atoms with E-state index in [1.807, 2.05) is 13.8 Å². The van der Waals surface area contributed by atoms with Crippen molar-refractivity contribution in [2.45, 2.75) is 39.5 Å². The monoisotopic (exact) mass is 500 g/mol. The van der Waals surface area contributed by atoms with Gasteiger partial charge in [-0.3, -0.25) is 14.6 Å². The molecule has 1 aromatic heterocycles. The zero-order chi connectivity index (χ0) is 26.5. The van der Waals surface area contributed by atoms with E-state index in [1.54, 1.807) is 80.0 Å². The van der Waals surface area contributed by atoms with Crippen molar-refractivity contribution in [3.63, 3.8) is 0 Å². The van der Waals surface area contributed by atoms with Gasteiger partial charge in [0.1, 0.15) is 11.5 Å². The van der Waals surface area contributed by atoms with E-state index in [0.717, 1.165) is 0 Å². The largest absolute Gasteiger partial charge is 0.507 e. The number of esters is 1. The average molecular weight is 501 g/mol. The number of aliphatic hydroxyl groups excluding tert-OH is 1. The van der Waals surface area contributed by atoms with Gasteiger partial charge in [-0.05, 0) is 62.2 Å². The van der Waals surface area contributed by atoms with Gasteiger partial charge in [0.05, 0.1) is 29.9 Å². The van der Waals surface area contributed by atoms with Gasteiger partial charge in [-0.1, -0.05) is 30.3 Å². The van der Waals surface area contributed by atoms with Crippen molar-refractivity contribution < 1.29 is 29.0 Å². The van der Waals surface area contributed by atoms with Gasteiger partial charge in [0, 0.05) is 24.5 Å². The predicted molar refractivity (Wildman–Crippen MR) is 137 cm³/mol. The number of ether oxygens (including phenoxy) is 2. The molecule has 1 atom stereocenters. The number of benzene rings is 2. The van der Waals surface area contributed by atoms with Crippen LogP contribution in [0.3, 0.4) is 0 Å². The fourth-order valence-corrected chi connectivity index (χ4v) is 4.23. The highest BCUT2D eigenvalue weighted by Gasteiger charge is 2.46. The fraction of sp³-hybridized carbons (Fsp3) is 0.241. The summed E-state index contributed by atoms with van der Waals surface area (Å²) in [7, 11) is 0. The molecule has 0 radical (unpaired) electrons. The molecular weight excluding hydrogens is 472 g/mol. The average Bonchev–Trinajstić information content (AvgIpc) is 3.14. The summed E-state index contributed by atoms with van der Waals surface area (Å²) in [5.41, 5.74) is 2.02. The third-order valence-electron chi connectivity index (χ3n) is 5.84. The van der Waals surface area contributed by atoms with Crippen LogP contribution < -0.4 is 4.74 Å². The van der Waals surface area contributed by atoms with Gasteiger partial charge in [0.25, 0.3) is 11.7 Å². The van der Waals surface area contributed by atoms with Gasteiger partial charge >= 0.3 is 5.97 Å². The molecule has 0 aliphatic carbocycles. The second kappa shape index (κ2) is 11.1. The number of pyridine rings is 1. The number of ketones is 1. The zero-order valence-corrected chi connectivity index (χ0v) is 20.9. The maximum atomic E-state index is 13.3. The summed E-state index contributed by atoms with van der Waals surface area (Å²) in [5.74, 6) is -1.72. The van der Waals surface area contributed by atoms with Crippen molar-refractivity contribution in [2.24, 2.45) is 0 Å². The molecule has 2 heterocycles. The molecular formula is C29H28N2O6. The van der Waals surface area contributed by atoms with E-state index in [-0.39, 0.29) is 30.6 Å². The highest BCUT2D eigenvalue weighted by Crippen LogP contribution is 2.40. The van der Waals surface area contributed by atoms with Gasteiger partial charge in [-0.25, -0.2) is 4.79 Å². The molecule has 1 aliphatic rings. The number of likely N-dealkylation sites (tertiary alicyclic amines) is 1. The van der Waals surface area contributed by atoms with Crippen LogP contribution in [0.5, 0.6) is 5.75 Å². The quantitative estimate of drug-likeness (QED) is 0.207. The van der Waals surface area contributed by atoms with Crippen LogP contribution in [-0.2, 0) is 20.9 Å². The number of amides is 1. The van der Waals surface area contributed by atoms with Gasteiger partial charge in [0.2, 0.25) is 0 Å². The maximum absolute atomic E-state index is 13.3. The Balaban J connectivity index is 1.74. The Bertz CT molecular complexity index is 1330. The minimum atomic E-state index is -0.854. The smallest absolute Gasteiger partial charge is 0.338 e. The Kier molecular flexibility index (Phi) is 7.67. The Morgan fingerprint density at radius 3 is 2.46 bits per heavy atom. The molecule has 1 amide bonds. The van der Waals surface area contributed by atoms with E-state index in [9.17, 15) is 19.5 Å². The molecule has 4 rings (SSSR count). The van der Waals surface area contributed by atoms with Gasteiger partial charge in [0.15, 0.2) is 0 Å². The lowest BCUT2D eigenvalue weighted by molar-refractivity contribution is -0.140. The van der Waals surface area contributed by atoms with E-state index in [4.69, 9.17) is 9.47 Å². The standard InChI is InChI=1S/C29H28N2O6/c1-4-36-29(35)20-12-10-19(11-13-20)17-31-25(22-8-6-14-30-16-22)24(27(33)28(31)34)26(32)21-7-5-9-23(15-21)37-18(2)3/h5-16,18,25,32H,4,17H2,1-3H3/b26-24+. The van der Waals surface area contributed by atoms with Crippen molar-refractivity contribution in [1.82, 2.24) is 9.88 Å². The summed E-state index contributed by atoms with van der Waals surface area (Å²) in [6.45, 7) is 5.86. The Labute approximate surface area is 215 Å². The van der Waals surface area contributed by atoms with Crippen molar-refractivity contribution in [1.29, 1.82) is 0 Å². The first-order valence-electron chi connectivity index (χ1n) is 12.0. The number of hydrogen-bond donors (Lipinski definition) is 1. The van der Waals surface area contributed by atoms with Gasteiger partial charge in [-0.2, -0.15) is 0 Å². The molecule has 37 heavy (non-hydrogen) atoms. The Morgan fingerprint density at radius 1 is 1.05 bits per heavy atom. The molecule has 190 valence electrons. The Hall–Kier alpha value is -4.46. The number of Topliss-reactive ketones (excluding diaryl/α,β-unsaturated/α-hetero) is 1. The summed E-state index contributed by atoms with van der Waals surface area (Å²) >= 11 is 0. The van der Waals surface area contributed by atoms with Crippen molar-refractivity contribution in [2.75, 3.05) is 6.61 Å². The van der Waals surface area contributed by atoms with Crippen LogP contribution in [0.25, 0.3) is 5.76 Å². The van der Waals surface area contributed by atoms with Crippen LogP contribution >= 0.6 is 0 Å². The number of nitrogens with zero attached hydrogens (tertiary/aromatic N) is 2. The Morgan fingerprint density at radius 2 is 1.81 bits per heavy atom. The molecule has 1 N–H and O–H groups in total. The van der Waals surface area contributed by atoms with Crippen LogP contribution in [-0.4, -0.2) is 45.4 Å². The molecule has 1 unspecified atom stereocenters. The molecule has 8 nitrogen and oxygen atoms in total. The highest BCUT2D eigenvalue weighted by atomic mass is 16.5. The number of hydrogen-bond acceptors (Lipinski definition) is 7. The third-order valence-corrected chi connectivity index (χ3v) is 5.84. The first-order chi connectivity index (χ1) is 17.8. The SMILES string of the molecule is CCOC(=O)c1ccc(CN2C(=O)C(=O)/C(=C(/O)c3cccc(OC(C)C)c3)C2c2cccnc2)cc1. The predicted octanol–water partition coefficient (Wildman–Crippen LogP) is 4.67. The molecule has 1 saturated heterocycles. The summed E-state index contributed by atoms with van der Waals surface area (Å²) in [5, 5.41) is 11.3. The second-order valence-corrected chi connectivity index (χ2v) is 8.83. The number of rotatable bonds is 8. The van der Waals surface area contributed by atoms with E-state index >= 15 is 0 Å². The molecule has 8 heteroatoms. The van der Waals surface area contributed by atoms with E-state index in [1.165, 1.54) is 4.90 Å². The normalized spacial score (nSPS) is 16.8. The van der Waals surface area contributed by atoms with E-state index in [0.29, 0.717) is 28.0 Å². The molecule has 1 aliphatic heterocycles. The van der Waals surface area contributed by atoms with E-state index in [2.05, 4.69) is 4.98 Å².